The molecule has 0 unspecified atom stereocenters. The first kappa shape index (κ1) is 8.98. The molecule has 0 amide bonds. The zero-order chi connectivity index (χ0) is 10.3. The van der Waals surface area contributed by atoms with Gasteiger partial charge in [-0.3, -0.25) is 0 Å². The highest BCUT2D eigenvalue weighted by Gasteiger charge is 2.18. The van der Waals surface area contributed by atoms with Crippen molar-refractivity contribution in [1.29, 1.82) is 0 Å². The highest BCUT2D eigenvalue weighted by molar-refractivity contribution is 9.10. The van der Waals surface area contributed by atoms with Crippen LogP contribution in [0.1, 0.15) is 11.1 Å². The van der Waals surface area contributed by atoms with E-state index in [1.807, 2.05) is 36.4 Å². The second-order valence-electron chi connectivity index (χ2n) is 3.44. The van der Waals surface area contributed by atoms with Crippen LogP contribution in [0.15, 0.2) is 46.9 Å². The van der Waals surface area contributed by atoms with Gasteiger partial charge in [-0.15, -0.1) is 0 Å². The number of rotatable bonds is 0. The smallest absolute Gasteiger partial charge is 0.132 e. The van der Waals surface area contributed by atoms with E-state index in [2.05, 4.69) is 28.4 Å². The van der Waals surface area contributed by atoms with Gasteiger partial charge < -0.3 is 4.74 Å². The van der Waals surface area contributed by atoms with Crippen molar-refractivity contribution in [2.24, 2.45) is 0 Å². The van der Waals surface area contributed by atoms with Gasteiger partial charge in [-0.1, -0.05) is 40.2 Å². The van der Waals surface area contributed by atoms with Crippen molar-refractivity contribution < 1.29 is 4.74 Å². The van der Waals surface area contributed by atoms with Gasteiger partial charge in [0.05, 0.1) is 0 Å². The molecule has 0 aromatic heterocycles. The predicted molar refractivity (Wildman–Crippen MR) is 63.2 cm³/mol. The minimum atomic E-state index is 0.906. The maximum absolute atomic E-state index is 5.80. The Morgan fingerprint density at radius 3 is 2.60 bits per heavy atom. The topological polar surface area (TPSA) is 9.23 Å². The first-order valence-electron chi connectivity index (χ1n) is 4.75. The molecule has 2 heteroatoms. The Balaban J connectivity index is 2.15. The molecule has 73 valence electrons. The molecule has 15 heavy (non-hydrogen) atoms. The van der Waals surface area contributed by atoms with E-state index in [1.165, 1.54) is 0 Å². The summed E-state index contributed by atoms with van der Waals surface area (Å²) in [5, 5.41) is 0. The minimum absolute atomic E-state index is 0.906. The van der Waals surface area contributed by atoms with Gasteiger partial charge in [0.15, 0.2) is 0 Å². The first-order chi connectivity index (χ1) is 7.34. The van der Waals surface area contributed by atoms with Crippen molar-refractivity contribution in [1.82, 2.24) is 0 Å². The van der Waals surface area contributed by atoms with Crippen LogP contribution in [-0.2, 0) is 0 Å². The molecule has 1 radical (unpaired) electrons. The second kappa shape index (κ2) is 3.38. The SMILES string of the molecule is Brc1cccc2c1[CH]c1ccccc1O2. The molecule has 1 heterocycles. The lowest BCUT2D eigenvalue weighted by Gasteiger charge is -2.20. The lowest BCUT2D eigenvalue weighted by Crippen LogP contribution is -2.01. The zero-order valence-corrected chi connectivity index (χ0v) is 9.49. The number of fused-ring (bicyclic) bond motifs is 2. The molecule has 1 aliphatic rings. The molecular formula is C13H8BrO. The summed E-state index contributed by atoms with van der Waals surface area (Å²) in [6, 6.07) is 14.0. The van der Waals surface area contributed by atoms with Crippen molar-refractivity contribution in [3.8, 4) is 11.5 Å². The Morgan fingerprint density at radius 2 is 1.67 bits per heavy atom. The van der Waals surface area contributed by atoms with Crippen molar-refractivity contribution in [2.45, 2.75) is 0 Å². The van der Waals surface area contributed by atoms with Crippen LogP contribution >= 0.6 is 15.9 Å². The van der Waals surface area contributed by atoms with E-state index in [9.17, 15) is 0 Å². The average molecular weight is 260 g/mol. The van der Waals surface area contributed by atoms with Crippen LogP contribution in [0.25, 0.3) is 0 Å². The number of benzene rings is 2. The molecule has 2 aromatic carbocycles. The number of hydrogen-bond donors (Lipinski definition) is 0. The quantitative estimate of drug-likeness (QED) is 0.589. The number of hydrogen-bond acceptors (Lipinski definition) is 1. The fourth-order valence-electron chi connectivity index (χ4n) is 1.71. The monoisotopic (exact) mass is 259 g/mol. The molecule has 0 saturated heterocycles. The number of halogens is 1. The third kappa shape index (κ3) is 1.45. The van der Waals surface area contributed by atoms with Crippen LogP contribution in [0.2, 0.25) is 0 Å². The van der Waals surface area contributed by atoms with Gasteiger partial charge in [0.2, 0.25) is 0 Å². The van der Waals surface area contributed by atoms with E-state index < -0.39 is 0 Å². The van der Waals surface area contributed by atoms with Crippen molar-refractivity contribution >= 4 is 15.9 Å². The lowest BCUT2D eigenvalue weighted by molar-refractivity contribution is 0.469. The van der Waals surface area contributed by atoms with E-state index in [-0.39, 0.29) is 0 Å². The molecule has 0 spiro atoms. The highest BCUT2D eigenvalue weighted by Crippen LogP contribution is 2.40. The van der Waals surface area contributed by atoms with Gasteiger partial charge in [0.1, 0.15) is 11.5 Å². The Bertz CT molecular complexity index is 520. The fourth-order valence-corrected chi connectivity index (χ4v) is 2.18. The van der Waals surface area contributed by atoms with E-state index in [1.54, 1.807) is 0 Å². The number of para-hydroxylation sites is 1. The van der Waals surface area contributed by atoms with Gasteiger partial charge in [0.25, 0.3) is 0 Å². The molecule has 1 aliphatic heterocycles. The zero-order valence-electron chi connectivity index (χ0n) is 7.91. The molecule has 0 saturated carbocycles. The van der Waals surface area contributed by atoms with Gasteiger partial charge in [0, 0.05) is 22.0 Å². The van der Waals surface area contributed by atoms with E-state index >= 15 is 0 Å². The van der Waals surface area contributed by atoms with Gasteiger partial charge in [-0.05, 0) is 18.2 Å². The standard InChI is InChI=1S/C13H8BrO/c14-11-5-3-7-13-10(11)8-9-4-1-2-6-12(9)15-13/h1-8H. The largest absolute Gasteiger partial charge is 0.457 e. The lowest BCUT2D eigenvalue weighted by atomic mass is 10.0. The van der Waals surface area contributed by atoms with Crippen molar-refractivity contribution in [2.75, 3.05) is 0 Å². The van der Waals surface area contributed by atoms with E-state index in [0.717, 1.165) is 27.1 Å². The third-order valence-electron chi connectivity index (χ3n) is 2.45. The Labute approximate surface area is 96.8 Å². The van der Waals surface area contributed by atoms with Crippen LogP contribution in [0.4, 0.5) is 0 Å². The van der Waals surface area contributed by atoms with Crippen molar-refractivity contribution in [3.05, 3.63) is 64.5 Å². The Kier molecular flexibility index (Phi) is 2.03. The van der Waals surface area contributed by atoms with E-state index in [0.29, 0.717) is 0 Å². The summed E-state index contributed by atoms with van der Waals surface area (Å²) in [7, 11) is 0. The van der Waals surface area contributed by atoms with E-state index in [4.69, 9.17) is 4.74 Å². The highest BCUT2D eigenvalue weighted by atomic mass is 79.9. The second-order valence-corrected chi connectivity index (χ2v) is 4.29. The summed E-state index contributed by atoms with van der Waals surface area (Å²) in [4.78, 5) is 0. The van der Waals surface area contributed by atoms with Gasteiger partial charge in [-0.2, -0.15) is 0 Å². The predicted octanol–water partition coefficient (Wildman–Crippen LogP) is 4.16. The summed E-state index contributed by atoms with van der Waals surface area (Å²) in [6.45, 7) is 0. The molecule has 0 fully saturated rings. The summed E-state index contributed by atoms with van der Waals surface area (Å²) >= 11 is 3.52. The minimum Gasteiger partial charge on any atom is -0.457 e. The van der Waals surface area contributed by atoms with Gasteiger partial charge >= 0.3 is 0 Å². The molecular weight excluding hydrogens is 252 g/mol. The summed E-state index contributed by atoms with van der Waals surface area (Å²) < 4.78 is 6.86. The fraction of sp³-hybridized carbons (Fsp3) is 0. The van der Waals surface area contributed by atoms with Crippen molar-refractivity contribution in [3.63, 3.8) is 0 Å². The molecule has 1 nitrogen and oxygen atoms in total. The molecule has 0 bridgehead atoms. The van der Waals surface area contributed by atoms with Crippen LogP contribution in [0.3, 0.4) is 0 Å². The first-order valence-corrected chi connectivity index (χ1v) is 5.54. The normalized spacial score (nSPS) is 12.6. The van der Waals surface area contributed by atoms with Crippen LogP contribution in [0.5, 0.6) is 11.5 Å². The number of ether oxygens (including phenoxy) is 1. The molecule has 3 rings (SSSR count). The van der Waals surface area contributed by atoms with Crippen LogP contribution in [0, 0.1) is 6.42 Å². The Hall–Kier alpha value is -1.28. The molecule has 0 aliphatic carbocycles. The summed E-state index contributed by atoms with van der Waals surface area (Å²) in [5.74, 6) is 1.83. The molecule has 0 N–H and O–H groups in total. The Morgan fingerprint density at radius 1 is 0.867 bits per heavy atom. The summed E-state index contributed by atoms with van der Waals surface area (Å²) in [6.07, 6.45) is 2.14. The molecule has 2 aromatic rings. The summed E-state index contributed by atoms with van der Waals surface area (Å²) in [5.41, 5.74) is 2.23. The maximum atomic E-state index is 5.80. The average Bonchev–Trinajstić information content (AvgIpc) is 2.27. The van der Waals surface area contributed by atoms with Crippen LogP contribution in [-0.4, -0.2) is 0 Å². The molecule has 0 atom stereocenters. The van der Waals surface area contributed by atoms with Gasteiger partial charge in [-0.25, -0.2) is 0 Å². The van der Waals surface area contributed by atoms with Crippen LogP contribution < -0.4 is 4.74 Å². The third-order valence-corrected chi connectivity index (χ3v) is 3.14. The maximum Gasteiger partial charge on any atom is 0.132 e.